The van der Waals surface area contributed by atoms with E-state index in [4.69, 9.17) is 4.74 Å². The highest BCUT2D eigenvalue weighted by Crippen LogP contribution is 2.29. The fraction of sp³-hybridized carbons (Fsp3) is 0.385. The zero-order valence-corrected chi connectivity index (χ0v) is 19.6. The van der Waals surface area contributed by atoms with Gasteiger partial charge in [0.05, 0.1) is 18.7 Å². The zero-order chi connectivity index (χ0) is 23.4. The number of anilines is 1. The number of esters is 1. The van der Waals surface area contributed by atoms with E-state index in [1.54, 1.807) is 0 Å². The Labute approximate surface area is 195 Å². The first-order chi connectivity index (χ1) is 16.0. The molecule has 0 saturated carbocycles. The summed E-state index contributed by atoms with van der Waals surface area (Å²) in [6.45, 7) is 8.17. The predicted octanol–water partition coefficient (Wildman–Crippen LogP) is 3.16. The molecule has 0 aliphatic carbocycles. The Bertz CT molecular complexity index is 1040. The van der Waals surface area contributed by atoms with Crippen LogP contribution in [0.1, 0.15) is 29.7 Å². The fourth-order valence-corrected chi connectivity index (χ4v) is 4.58. The maximum Gasteiger partial charge on any atom is 0.338 e. The van der Waals surface area contributed by atoms with Crippen LogP contribution in [0.3, 0.4) is 0 Å². The molecule has 0 bridgehead atoms. The van der Waals surface area contributed by atoms with Crippen molar-refractivity contribution < 1.29 is 14.3 Å². The van der Waals surface area contributed by atoms with Crippen molar-refractivity contribution in [1.82, 2.24) is 15.5 Å². The van der Waals surface area contributed by atoms with E-state index >= 15 is 0 Å². The van der Waals surface area contributed by atoms with Crippen molar-refractivity contribution in [3.05, 3.63) is 76.5 Å². The number of piperazine rings is 1. The van der Waals surface area contributed by atoms with Crippen LogP contribution in [-0.2, 0) is 16.0 Å². The highest BCUT2D eigenvalue weighted by Gasteiger charge is 2.34. The molecule has 33 heavy (non-hydrogen) atoms. The van der Waals surface area contributed by atoms with Gasteiger partial charge in [-0.05, 0) is 36.1 Å². The Balaban J connectivity index is 1.54. The number of nitrogens with one attached hydrogen (secondary N) is 2. The minimum Gasteiger partial charge on any atom is -0.466 e. The van der Waals surface area contributed by atoms with Crippen molar-refractivity contribution in [3.63, 3.8) is 0 Å². The second-order valence-electron chi connectivity index (χ2n) is 8.56. The number of methoxy groups -OCH3 is 1. The van der Waals surface area contributed by atoms with Crippen molar-refractivity contribution in [2.45, 2.75) is 26.3 Å². The van der Waals surface area contributed by atoms with Gasteiger partial charge < -0.3 is 20.3 Å². The third kappa shape index (κ3) is 5.03. The first-order valence-electron chi connectivity index (χ1n) is 11.5. The number of hydrogen-bond acceptors (Lipinski definition) is 5. The van der Waals surface area contributed by atoms with Crippen LogP contribution in [0.25, 0.3) is 0 Å². The average Bonchev–Trinajstić information content (AvgIpc) is 2.84. The van der Waals surface area contributed by atoms with Crippen LogP contribution in [0, 0.1) is 6.92 Å². The van der Waals surface area contributed by atoms with Gasteiger partial charge in [0.2, 0.25) is 0 Å². The van der Waals surface area contributed by atoms with E-state index in [0.29, 0.717) is 17.8 Å². The molecule has 2 amide bonds. The summed E-state index contributed by atoms with van der Waals surface area (Å²) in [5.41, 5.74) is 5.67. The number of nitrogens with zero attached hydrogens (tertiary/aromatic N) is 2. The lowest BCUT2D eigenvalue weighted by Gasteiger charge is -2.38. The molecule has 2 aromatic rings. The van der Waals surface area contributed by atoms with Crippen LogP contribution in [0.4, 0.5) is 10.5 Å². The van der Waals surface area contributed by atoms with Crippen LogP contribution in [-0.4, -0.2) is 56.7 Å². The molecule has 7 nitrogen and oxygen atoms in total. The molecule has 1 fully saturated rings. The number of hydrogen-bond donors (Lipinski definition) is 2. The molecule has 1 atom stereocenters. The van der Waals surface area contributed by atoms with Gasteiger partial charge in [0.15, 0.2) is 0 Å². The maximum absolute atomic E-state index is 12.8. The number of amides is 2. The summed E-state index contributed by atoms with van der Waals surface area (Å²) in [6, 6.07) is 15.6. The van der Waals surface area contributed by atoms with Gasteiger partial charge in [-0.3, -0.25) is 4.90 Å². The van der Waals surface area contributed by atoms with Gasteiger partial charge in [0, 0.05) is 44.1 Å². The fourth-order valence-electron chi connectivity index (χ4n) is 4.58. The van der Waals surface area contributed by atoms with Crippen molar-refractivity contribution in [3.8, 4) is 0 Å². The van der Waals surface area contributed by atoms with E-state index in [2.05, 4.69) is 58.5 Å². The Morgan fingerprint density at radius 1 is 1.06 bits per heavy atom. The lowest BCUT2D eigenvalue weighted by atomic mass is 9.94. The Morgan fingerprint density at radius 3 is 2.39 bits per heavy atom. The zero-order valence-electron chi connectivity index (χ0n) is 19.6. The van der Waals surface area contributed by atoms with E-state index in [0.717, 1.165) is 38.2 Å². The van der Waals surface area contributed by atoms with E-state index in [-0.39, 0.29) is 6.03 Å². The summed E-state index contributed by atoms with van der Waals surface area (Å²) >= 11 is 0. The van der Waals surface area contributed by atoms with E-state index < -0.39 is 12.0 Å². The van der Waals surface area contributed by atoms with Crippen LogP contribution in [0.5, 0.6) is 0 Å². The van der Waals surface area contributed by atoms with E-state index in [1.807, 2.05) is 24.3 Å². The second-order valence-corrected chi connectivity index (χ2v) is 8.56. The number of aryl methyl sites for hydroxylation is 2. The first kappa shape index (κ1) is 22.9. The number of rotatable bonds is 6. The van der Waals surface area contributed by atoms with Gasteiger partial charge in [-0.15, -0.1) is 0 Å². The van der Waals surface area contributed by atoms with Gasteiger partial charge in [-0.1, -0.05) is 49.4 Å². The molecule has 1 saturated heterocycles. The largest absolute Gasteiger partial charge is 0.466 e. The third-order valence-electron chi connectivity index (χ3n) is 6.49. The Kier molecular flexibility index (Phi) is 6.99. The third-order valence-corrected chi connectivity index (χ3v) is 6.49. The molecule has 2 aromatic carbocycles. The predicted molar refractivity (Wildman–Crippen MR) is 129 cm³/mol. The number of carbonyl (C=O) groups excluding carboxylic acids is 2. The molecule has 0 spiro atoms. The molecule has 0 unspecified atom stereocenters. The normalized spacial score (nSPS) is 19.2. The van der Waals surface area contributed by atoms with Gasteiger partial charge in [0.25, 0.3) is 0 Å². The molecule has 0 aromatic heterocycles. The molecule has 2 aliphatic rings. The quantitative estimate of drug-likeness (QED) is 0.664. The summed E-state index contributed by atoms with van der Waals surface area (Å²) in [5, 5.41) is 5.78. The molecule has 2 N–H and O–H groups in total. The lowest BCUT2D eigenvalue weighted by molar-refractivity contribution is -0.136. The summed E-state index contributed by atoms with van der Waals surface area (Å²) in [6.07, 6.45) is 0.929. The minimum atomic E-state index is -0.541. The van der Waals surface area contributed by atoms with Gasteiger partial charge in [0.1, 0.15) is 0 Å². The van der Waals surface area contributed by atoms with Crippen LogP contribution in [0.2, 0.25) is 0 Å². The molecule has 4 rings (SSSR count). The average molecular weight is 449 g/mol. The second kappa shape index (κ2) is 10.1. The van der Waals surface area contributed by atoms with Gasteiger partial charge in [-0.25, -0.2) is 9.59 Å². The Hall–Kier alpha value is -3.32. The highest BCUT2D eigenvalue weighted by atomic mass is 16.5. The smallest absolute Gasteiger partial charge is 0.338 e. The van der Waals surface area contributed by atoms with E-state index in [1.165, 1.54) is 23.9 Å². The number of para-hydroxylation sites is 1. The molecule has 2 aliphatic heterocycles. The van der Waals surface area contributed by atoms with Crippen molar-refractivity contribution in [1.29, 1.82) is 0 Å². The SMILES string of the molecule is CCc1ccc([C@@H]2NC(=O)NC(CN3CCN(c4ccccc4C)CC3)=C2C(=O)OC)cc1. The topological polar surface area (TPSA) is 73.9 Å². The van der Waals surface area contributed by atoms with E-state index in [9.17, 15) is 9.59 Å². The molecule has 0 radical (unpaired) electrons. The molecular weight excluding hydrogens is 416 g/mol. The minimum absolute atomic E-state index is 0.305. The lowest BCUT2D eigenvalue weighted by Crippen LogP contribution is -2.51. The van der Waals surface area contributed by atoms with Crippen molar-refractivity contribution in [2.24, 2.45) is 0 Å². The summed E-state index contributed by atoms with van der Waals surface area (Å²) in [5.74, 6) is -0.430. The van der Waals surface area contributed by atoms with Crippen LogP contribution in [0.15, 0.2) is 59.8 Å². The number of benzene rings is 2. The van der Waals surface area contributed by atoms with Crippen molar-refractivity contribution >= 4 is 17.7 Å². The van der Waals surface area contributed by atoms with Crippen LogP contribution >= 0.6 is 0 Å². The summed E-state index contributed by atoms with van der Waals surface area (Å²) in [7, 11) is 1.38. The number of ether oxygens (including phenoxy) is 1. The van der Waals surface area contributed by atoms with Crippen LogP contribution < -0.4 is 15.5 Å². The Morgan fingerprint density at radius 2 is 1.76 bits per heavy atom. The first-order valence-corrected chi connectivity index (χ1v) is 11.5. The standard InChI is InChI=1S/C26H32N4O3/c1-4-19-9-11-20(12-10-19)24-23(25(31)33-3)21(27-26(32)28-24)17-29-13-15-30(16-14-29)22-8-6-5-7-18(22)2/h5-12,24H,4,13-17H2,1-3H3,(H2,27,28,32)/t24-/m0/s1. The number of urea groups is 1. The van der Waals surface area contributed by atoms with Crippen molar-refractivity contribution in [2.75, 3.05) is 44.7 Å². The number of carbonyl (C=O) groups is 2. The monoisotopic (exact) mass is 448 g/mol. The molecule has 2 heterocycles. The molecular formula is C26H32N4O3. The highest BCUT2D eigenvalue weighted by molar-refractivity contribution is 5.95. The molecule has 7 heteroatoms. The van der Waals surface area contributed by atoms with Gasteiger partial charge >= 0.3 is 12.0 Å². The summed E-state index contributed by atoms with van der Waals surface area (Å²) < 4.78 is 5.11. The van der Waals surface area contributed by atoms with Gasteiger partial charge in [-0.2, -0.15) is 0 Å². The summed E-state index contributed by atoms with van der Waals surface area (Å²) in [4.78, 5) is 30.0. The maximum atomic E-state index is 12.8. The molecule has 174 valence electrons.